The molecule has 1 heterocycles. The molecular weight excluding hydrogens is 398 g/mol. The van der Waals surface area contributed by atoms with E-state index in [-0.39, 0.29) is 13.6 Å². The summed E-state index contributed by atoms with van der Waals surface area (Å²) < 4.78 is 27.5. The number of sulfonamides is 1. The zero-order valence-electron chi connectivity index (χ0n) is 10.7. The van der Waals surface area contributed by atoms with Crippen LogP contribution in [0, 0.1) is 0 Å². The van der Waals surface area contributed by atoms with E-state index in [1.165, 1.54) is 11.8 Å². The van der Waals surface area contributed by atoms with E-state index in [2.05, 4.69) is 20.7 Å². The number of nitrogens with one attached hydrogen (secondary N) is 1. The fraction of sp³-hybridized carbons (Fsp3) is 0.0833. The summed E-state index contributed by atoms with van der Waals surface area (Å²) in [7, 11) is -3.85. The van der Waals surface area contributed by atoms with Crippen LogP contribution in [0.1, 0.15) is 9.67 Å². The number of carbonyl (C=O) groups is 1. The molecule has 0 unspecified atom stereocenters. The van der Waals surface area contributed by atoms with E-state index >= 15 is 0 Å². The van der Waals surface area contributed by atoms with Gasteiger partial charge in [0.1, 0.15) is 9.77 Å². The van der Waals surface area contributed by atoms with Crippen molar-refractivity contribution in [1.82, 2.24) is 0 Å². The van der Waals surface area contributed by atoms with Crippen LogP contribution in [0.3, 0.4) is 0 Å². The Morgan fingerprint density at radius 1 is 1.38 bits per heavy atom. The molecule has 0 aliphatic carbocycles. The standard InChI is InChI=1S/C12H10BrNO4S3/c1-19-8-5-3-2-4-7(8)14-21(17,18)10-6-9(12(15)16)20-11(10)13/h2-6,14H,1H3,(H,15,16). The predicted molar refractivity (Wildman–Crippen MR) is 88.0 cm³/mol. The monoisotopic (exact) mass is 407 g/mol. The number of hydrogen-bond acceptors (Lipinski definition) is 5. The van der Waals surface area contributed by atoms with Gasteiger partial charge in [0, 0.05) is 4.90 Å². The number of para-hydroxylation sites is 1. The summed E-state index contributed by atoms with van der Waals surface area (Å²) in [6.45, 7) is 0. The van der Waals surface area contributed by atoms with Gasteiger partial charge < -0.3 is 5.11 Å². The first-order valence-electron chi connectivity index (χ1n) is 5.53. The summed E-state index contributed by atoms with van der Waals surface area (Å²) in [4.78, 5) is 11.6. The molecule has 112 valence electrons. The maximum Gasteiger partial charge on any atom is 0.345 e. The van der Waals surface area contributed by atoms with Crippen LogP contribution in [0.4, 0.5) is 5.69 Å². The van der Waals surface area contributed by atoms with Crippen LogP contribution in [0.25, 0.3) is 0 Å². The zero-order chi connectivity index (χ0) is 15.6. The van der Waals surface area contributed by atoms with E-state index < -0.39 is 16.0 Å². The lowest BCUT2D eigenvalue weighted by molar-refractivity contribution is 0.0702. The van der Waals surface area contributed by atoms with Gasteiger partial charge in [-0.1, -0.05) is 12.1 Å². The number of rotatable bonds is 5. The lowest BCUT2D eigenvalue weighted by Crippen LogP contribution is -2.13. The maximum atomic E-state index is 12.4. The molecule has 0 atom stereocenters. The van der Waals surface area contributed by atoms with Gasteiger partial charge in [0.25, 0.3) is 10.0 Å². The Labute approximate surface area is 138 Å². The van der Waals surface area contributed by atoms with E-state index in [1.54, 1.807) is 18.2 Å². The van der Waals surface area contributed by atoms with Gasteiger partial charge in [-0.15, -0.1) is 23.1 Å². The molecule has 0 fully saturated rings. The lowest BCUT2D eigenvalue weighted by Gasteiger charge is -2.10. The molecule has 0 radical (unpaired) electrons. The summed E-state index contributed by atoms with van der Waals surface area (Å²) in [6.07, 6.45) is 1.84. The molecule has 1 aromatic carbocycles. The number of aromatic carboxylic acids is 1. The highest BCUT2D eigenvalue weighted by Crippen LogP contribution is 2.34. The van der Waals surface area contributed by atoms with Crippen molar-refractivity contribution in [3.05, 3.63) is 39.0 Å². The average molecular weight is 408 g/mol. The SMILES string of the molecule is CSc1ccccc1NS(=O)(=O)c1cc(C(=O)O)sc1Br. The van der Waals surface area contributed by atoms with E-state index in [0.717, 1.165) is 22.3 Å². The number of anilines is 1. The normalized spacial score (nSPS) is 11.3. The molecule has 5 nitrogen and oxygen atoms in total. The average Bonchev–Trinajstić information content (AvgIpc) is 2.82. The maximum absolute atomic E-state index is 12.4. The quantitative estimate of drug-likeness (QED) is 0.737. The van der Waals surface area contributed by atoms with Gasteiger partial charge in [0.2, 0.25) is 0 Å². The Bertz CT molecular complexity index is 786. The molecule has 1 aromatic heterocycles. The summed E-state index contributed by atoms with van der Waals surface area (Å²) in [5.74, 6) is -1.16. The minimum atomic E-state index is -3.85. The first kappa shape index (κ1) is 16.3. The Balaban J connectivity index is 2.41. The van der Waals surface area contributed by atoms with Gasteiger partial charge >= 0.3 is 5.97 Å². The molecule has 0 spiro atoms. The summed E-state index contributed by atoms with van der Waals surface area (Å²) in [5, 5.41) is 8.93. The highest BCUT2D eigenvalue weighted by atomic mass is 79.9. The number of hydrogen-bond donors (Lipinski definition) is 2. The fourth-order valence-electron chi connectivity index (χ4n) is 1.57. The van der Waals surface area contributed by atoms with E-state index in [9.17, 15) is 13.2 Å². The molecule has 0 aliphatic rings. The number of carboxylic acid groups (broad SMARTS) is 1. The lowest BCUT2D eigenvalue weighted by atomic mass is 10.3. The second-order valence-corrected chi connectivity index (χ2v) is 8.73. The molecule has 0 saturated carbocycles. The third-order valence-corrected chi connectivity index (χ3v) is 6.91. The van der Waals surface area contributed by atoms with Gasteiger partial charge in [-0.3, -0.25) is 4.72 Å². The van der Waals surface area contributed by atoms with Crippen molar-refractivity contribution in [3.8, 4) is 0 Å². The van der Waals surface area contributed by atoms with Gasteiger partial charge in [-0.25, -0.2) is 13.2 Å². The Morgan fingerprint density at radius 3 is 2.62 bits per heavy atom. The number of thioether (sulfide) groups is 1. The van der Waals surface area contributed by atoms with Crippen LogP contribution in [-0.2, 0) is 10.0 Å². The summed E-state index contributed by atoms with van der Waals surface area (Å²) >= 11 is 5.38. The van der Waals surface area contributed by atoms with E-state index in [1.807, 2.05) is 12.3 Å². The molecule has 0 bridgehead atoms. The van der Waals surface area contributed by atoms with Crippen molar-refractivity contribution < 1.29 is 18.3 Å². The molecule has 0 amide bonds. The third-order valence-electron chi connectivity index (χ3n) is 2.51. The first-order valence-corrected chi connectivity index (χ1v) is 9.85. The molecule has 2 N–H and O–H groups in total. The Kier molecular flexibility index (Phi) is 4.97. The number of benzene rings is 1. The third kappa shape index (κ3) is 3.60. The molecule has 0 saturated heterocycles. The van der Waals surface area contributed by atoms with Gasteiger partial charge in [0.15, 0.2) is 0 Å². The smallest absolute Gasteiger partial charge is 0.345 e. The molecule has 0 aliphatic heterocycles. The van der Waals surface area contributed by atoms with Gasteiger partial charge in [-0.05, 0) is 40.4 Å². The van der Waals surface area contributed by atoms with E-state index in [0.29, 0.717) is 5.69 Å². The van der Waals surface area contributed by atoms with Crippen LogP contribution in [-0.4, -0.2) is 25.7 Å². The number of thiophene rings is 1. The van der Waals surface area contributed by atoms with E-state index in [4.69, 9.17) is 5.11 Å². The van der Waals surface area contributed by atoms with Crippen LogP contribution < -0.4 is 4.72 Å². The molecule has 2 aromatic rings. The second kappa shape index (κ2) is 6.39. The Morgan fingerprint density at radius 2 is 2.05 bits per heavy atom. The van der Waals surface area contributed by atoms with Crippen molar-refractivity contribution in [2.75, 3.05) is 11.0 Å². The summed E-state index contributed by atoms with van der Waals surface area (Å²) in [5.41, 5.74) is 0.458. The van der Waals surface area contributed by atoms with Crippen molar-refractivity contribution >= 4 is 60.7 Å². The summed E-state index contributed by atoms with van der Waals surface area (Å²) in [6, 6.07) is 8.13. The Hall–Kier alpha value is -1.03. The van der Waals surface area contributed by atoms with Crippen LogP contribution in [0.2, 0.25) is 0 Å². The van der Waals surface area contributed by atoms with Gasteiger partial charge in [-0.2, -0.15) is 0 Å². The van der Waals surface area contributed by atoms with Gasteiger partial charge in [0.05, 0.1) is 9.47 Å². The molecule has 21 heavy (non-hydrogen) atoms. The first-order chi connectivity index (χ1) is 9.85. The minimum absolute atomic E-state index is 0.0413. The zero-order valence-corrected chi connectivity index (χ0v) is 14.7. The van der Waals surface area contributed by atoms with Crippen molar-refractivity contribution in [2.24, 2.45) is 0 Å². The largest absolute Gasteiger partial charge is 0.477 e. The van der Waals surface area contributed by atoms with Crippen molar-refractivity contribution in [3.63, 3.8) is 0 Å². The molecule has 9 heteroatoms. The van der Waals surface area contributed by atoms with Crippen molar-refractivity contribution in [2.45, 2.75) is 9.79 Å². The molecule has 2 rings (SSSR count). The highest BCUT2D eigenvalue weighted by molar-refractivity contribution is 9.11. The minimum Gasteiger partial charge on any atom is -0.477 e. The highest BCUT2D eigenvalue weighted by Gasteiger charge is 2.23. The second-order valence-electron chi connectivity index (χ2n) is 3.86. The fourth-order valence-corrected chi connectivity index (χ4v) is 5.67. The van der Waals surface area contributed by atoms with Crippen molar-refractivity contribution in [1.29, 1.82) is 0 Å². The topological polar surface area (TPSA) is 83.5 Å². The number of halogens is 1. The van der Waals surface area contributed by atoms with Crippen LogP contribution >= 0.6 is 39.0 Å². The van der Waals surface area contributed by atoms with Crippen LogP contribution in [0.5, 0.6) is 0 Å². The molecular formula is C12H10BrNO4S3. The predicted octanol–water partition coefficient (Wildman–Crippen LogP) is 3.73. The van der Waals surface area contributed by atoms with Crippen LogP contribution in [0.15, 0.2) is 43.9 Å². The number of carboxylic acids is 1.